The van der Waals surface area contributed by atoms with Crippen LogP contribution < -0.4 is 0 Å². The van der Waals surface area contributed by atoms with Crippen molar-refractivity contribution in [1.82, 2.24) is 0 Å². The molecule has 0 aromatic heterocycles. The molecule has 1 saturated carbocycles. The van der Waals surface area contributed by atoms with E-state index in [2.05, 4.69) is 10.0 Å². The van der Waals surface area contributed by atoms with Gasteiger partial charge in [-0.1, -0.05) is 5.11 Å². The summed E-state index contributed by atoms with van der Waals surface area (Å²) in [6.45, 7) is 2.25. The van der Waals surface area contributed by atoms with Gasteiger partial charge in [0.25, 0.3) is 0 Å². The first-order valence-corrected chi connectivity index (χ1v) is 4.98. The second kappa shape index (κ2) is 5.50. The molecular weight excluding hydrogens is 182 g/mol. The Bertz CT molecular complexity index is 240. The van der Waals surface area contributed by atoms with Gasteiger partial charge >= 0.3 is 5.97 Å². The van der Waals surface area contributed by atoms with Gasteiger partial charge in [0.1, 0.15) is 0 Å². The maximum atomic E-state index is 11.3. The first-order chi connectivity index (χ1) is 6.77. The fraction of sp³-hybridized carbons (Fsp3) is 0.889. The molecule has 78 valence electrons. The van der Waals surface area contributed by atoms with E-state index in [9.17, 15) is 4.79 Å². The molecule has 0 spiro atoms. The Morgan fingerprint density at radius 1 is 1.50 bits per heavy atom. The molecule has 0 N–H and O–H groups in total. The second-order valence-corrected chi connectivity index (χ2v) is 3.46. The molecule has 0 heterocycles. The lowest BCUT2D eigenvalue weighted by atomic mass is 9.86. The number of ether oxygens (including phenoxy) is 1. The zero-order valence-corrected chi connectivity index (χ0v) is 8.35. The molecule has 5 nitrogen and oxygen atoms in total. The third-order valence-corrected chi connectivity index (χ3v) is 2.53. The van der Waals surface area contributed by atoms with Gasteiger partial charge in [0.2, 0.25) is 0 Å². The van der Waals surface area contributed by atoms with Gasteiger partial charge in [-0.2, -0.15) is 0 Å². The van der Waals surface area contributed by atoms with Crippen molar-refractivity contribution in [3.05, 3.63) is 10.4 Å². The number of rotatable bonds is 3. The van der Waals surface area contributed by atoms with E-state index in [1.165, 1.54) is 0 Å². The van der Waals surface area contributed by atoms with Crippen molar-refractivity contribution >= 4 is 5.97 Å². The molecule has 0 bridgehead atoms. The van der Waals surface area contributed by atoms with Crippen molar-refractivity contribution in [2.75, 3.05) is 6.61 Å². The lowest BCUT2D eigenvalue weighted by molar-refractivity contribution is -0.149. The van der Waals surface area contributed by atoms with Crippen LogP contribution >= 0.6 is 0 Å². The Morgan fingerprint density at radius 3 is 2.64 bits per heavy atom. The van der Waals surface area contributed by atoms with E-state index in [1.54, 1.807) is 0 Å². The van der Waals surface area contributed by atoms with E-state index in [0.717, 1.165) is 25.7 Å². The highest BCUT2D eigenvalue weighted by atomic mass is 16.5. The fourth-order valence-corrected chi connectivity index (χ4v) is 1.76. The van der Waals surface area contributed by atoms with E-state index < -0.39 is 0 Å². The molecule has 0 amide bonds. The van der Waals surface area contributed by atoms with Crippen molar-refractivity contribution in [3.63, 3.8) is 0 Å². The summed E-state index contributed by atoms with van der Waals surface area (Å²) in [6, 6.07) is 0.0747. The summed E-state index contributed by atoms with van der Waals surface area (Å²) in [5.41, 5.74) is 8.24. The van der Waals surface area contributed by atoms with Crippen LogP contribution in [0.3, 0.4) is 0 Å². The van der Waals surface area contributed by atoms with Gasteiger partial charge in [0.15, 0.2) is 0 Å². The summed E-state index contributed by atoms with van der Waals surface area (Å²) in [5, 5.41) is 3.65. The summed E-state index contributed by atoms with van der Waals surface area (Å²) < 4.78 is 4.93. The molecule has 0 unspecified atom stereocenters. The number of hydrogen-bond acceptors (Lipinski definition) is 3. The van der Waals surface area contributed by atoms with Crippen LogP contribution in [0.15, 0.2) is 5.11 Å². The highest BCUT2D eigenvalue weighted by molar-refractivity contribution is 5.72. The third kappa shape index (κ3) is 2.92. The van der Waals surface area contributed by atoms with Crippen molar-refractivity contribution in [3.8, 4) is 0 Å². The first kappa shape index (κ1) is 10.9. The molecule has 0 radical (unpaired) electrons. The highest BCUT2D eigenvalue weighted by Gasteiger charge is 2.26. The summed E-state index contributed by atoms with van der Waals surface area (Å²) >= 11 is 0. The van der Waals surface area contributed by atoms with E-state index >= 15 is 0 Å². The molecule has 0 aromatic rings. The zero-order valence-electron chi connectivity index (χ0n) is 8.35. The number of carbonyl (C=O) groups excluding carboxylic acids is 1. The normalized spacial score (nSPS) is 26.4. The summed E-state index contributed by atoms with van der Waals surface area (Å²) in [6.07, 6.45) is 3.16. The SMILES string of the molecule is CCOC(=O)C1CCC(N=[N+]=[N-])CC1. The minimum absolute atomic E-state index is 0.0140. The standard InChI is InChI=1S/C9H15N3O2/c1-2-14-9(13)7-3-5-8(6-4-7)11-12-10/h7-8H,2-6H2,1H3. The smallest absolute Gasteiger partial charge is 0.308 e. The van der Waals surface area contributed by atoms with Gasteiger partial charge in [0, 0.05) is 11.0 Å². The van der Waals surface area contributed by atoms with E-state index in [4.69, 9.17) is 10.3 Å². The molecule has 1 aliphatic rings. The van der Waals surface area contributed by atoms with E-state index in [0.29, 0.717) is 6.61 Å². The monoisotopic (exact) mass is 197 g/mol. The van der Waals surface area contributed by atoms with Crippen LogP contribution in [0.2, 0.25) is 0 Å². The predicted octanol–water partition coefficient (Wildman–Crippen LogP) is 2.42. The predicted molar refractivity (Wildman–Crippen MR) is 51.5 cm³/mol. The fourth-order valence-electron chi connectivity index (χ4n) is 1.76. The van der Waals surface area contributed by atoms with Crippen molar-refractivity contribution < 1.29 is 9.53 Å². The second-order valence-electron chi connectivity index (χ2n) is 3.46. The van der Waals surface area contributed by atoms with Gasteiger partial charge in [-0.05, 0) is 38.1 Å². The molecule has 1 aliphatic carbocycles. The first-order valence-electron chi connectivity index (χ1n) is 4.98. The molecule has 1 rings (SSSR count). The number of nitrogens with zero attached hydrogens (tertiary/aromatic N) is 3. The average Bonchev–Trinajstić information content (AvgIpc) is 2.20. The molecule has 0 aromatic carbocycles. The summed E-state index contributed by atoms with van der Waals surface area (Å²) in [5.74, 6) is -0.0908. The maximum Gasteiger partial charge on any atom is 0.308 e. The topological polar surface area (TPSA) is 75.1 Å². The molecule has 0 aliphatic heterocycles. The van der Waals surface area contributed by atoms with Crippen LogP contribution in [0, 0.1) is 5.92 Å². The van der Waals surface area contributed by atoms with Crippen molar-refractivity contribution in [1.29, 1.82) is 0 Å². The largest absolute Gasteiger partial charge is 0.466 e. The number of hydrogen-bond donors (Lipinski definition) is 0. The molecular formula is C9H15N3O2. The number of esters is 1. The van der Waals surface area contributed by atoms with E-state index in [-0.39, 0.29) is 17.9 Å². The lowest BCUT2D eigenvalue weighted by Crippen LogP contribution is -2.24. The Labute approximate surface area is 83.1 Å². The van der Waals surface area contributed by atoms with Crippen LogP contribution in [0.25, 0.3) is 10.4 Å². The Morgan fingerprint density at radius 2 is 2.14 bits per heavy atom. The van der Waals surface area contributed by atoms with E-state index in [1.807, 2.05) is 6.92 Å². The zero-order chi connectivity index (χ0) is 10.4. The summed E-state index contributed by atoms with van der Waals surface area (Å²) in [4.78, 5) is 14.1. The minimum atomic E-state index is -0.105. The van der Waals surface area contributed by atoms with Crippen LogP contribution in [-0.4, -0.2) is 18.6 Å². The lowest BCUT2D eigenvalue weighted by Gasteiger charge is -2.23. The Kier molecular flexibility index (Phi) is 4.26. The molecule has 5 heteroatoms. The van der Waals surface area contributed by atoms with Crippen molar-refractivity contribution in [2.24, 2.45) is 11.0 Å². The van der Waals surface area contributed by atoms with Gasteiger partial charge in [-0.25, -0.2) is 0 Å². The van der Waals surface area contributed by atoms with Gasteiger partial charge in [-0.15, -0.1) is 0 Å². The summed E-state index contributed by atoms with van der Waals surface area (Å²) in [7, 11) is 0. The van der Waals surface area contributed by atoms with Crippen LogP contribution in [-0.2, 0) is 9.53 Å². The highest BCUT2D eigenvalue weighted by Crippen LogP contribution is 2.27. The Balaban J connectivity index is 2.35. The Hall–Kier alpha value is -1.22. The van der Waals surface area contributed by atoms with Crippen molar-refractivity contribution in [2.45, 2.75) is 38.6 Å². The average molecular weight is 197 g/mol. The third-order valence-electron chi connectivity index (χ3n) is 2.53. The number of azide groups is 1. The minimum Gasteiger partial charge on any atom is -0.466 e. The number of carbonyl (C=O) groups is 1. The van der Waals surface area contributed by atoms with Crippen LogP contribution in [0.1, 0.15) is 32.6 Å². The van der Waals surface area contributed by atoms with Crippen LogP contribution in [0.4, 0.5) is 0 Å². The van der Waals surface area contributed by atoms with Gasteiger partial charge < -0.3 is 4.74 Å². The van der Waals surface area contributed by atoms with Crippen LogP contribution in [0.5, 0.6) is 0 Å². The maximum absolute atomic E-state index is 11.3. The quantitative estimate of drug-likeness (QED) is 0.301. The molecule has 14 heavy (non-hydrogen) atoms. The molecule has 0 saturated heterocycles. The molecule has 0 atom stereocenters. The van der Waals surface area contributed by atoms with Gasteiger partial charge in [0.05, 0.1) is 12.5 Å². The van der Waals surface area contributed by atoms with Gasteiger partial charge in [-0.3, -0.25) is 4.79 Å². The molecule has 1 fully saturated rings.